The van der Waals surface area contributed by atoms with E-state index in [-0.39, 0.29) is 22.9 Å². The summed E-state index contributed by atoms with van der Waals surface area (Å²) in [5, 5.41) is 15.3. The number of hydrogen-bond acceptors (Lipinski definition) is 3. The third-order valence-corrected chi connectivity index (χ3v) is 5.10. The van der Waals surface area contributed by atoms with Gasteiger partial charge in [0, 0.05) is 11.6 Å². The summed E-state index contributed by atoms with van der Waals surface area (Å²) in [6.07, 6.45) is -2.60. The van der Waals surface area contributed by atoms with Crippen molar-refractivity contribution >= 4 is 17.6 Å². The lowest BCUT2D eigenvalue weighted by Gasteiger charge is -2.13. The average Bonchev–Trinajstić information content (AvgIpc) is 3.07. The van der Waals surface area contributed by atoms with E-state index in [4.69, 9.17) is 5.11 Å². The maximum Gasteiger partial charge on any atom is 0.434 e. The first-order valence-corrected chi connectivity index (χ1v) is 8.36. The van der Waals surface area contributed by atoms with E-state index in [9.17, 15) is 22.8 Å². The molecule has 27 heavy (non-hydrogen) atoms. The number of alkyl halides is 3. The molecule has 2 aromatic rings. The van der Waals surface area contributed by atoms with Crippen molar-refractivity contribution in [3.8, 4) is 5.69 Å². The van der Waals surface area contributed by atoms with Crippen molar-refractivity contribution in [3.05, 3.63) is 41.7 Å². The predicted molar refractivity (Wildman–Crippen MR) is 90.7 cm³/mol. The molecule has 0 spiro atoms. The number of aromatic carboxylic acids is 1. The average molecular weight is 381 g/mol. The van der Waals surface area contributed by atoms with Gasteiger partial charge in [-0.2, -0.15) is 18.3 Å². The molecule has 0 saturated heterocycles. The van der Waals surface area contributed by atoms with Crippen LogP contribution in [0.15, 0.2) is 30.5 Å². The maximum atomic E-state index is 13.3. The Morgan fingerprint density at radius 3 is 2.67 bits per heavy atom. The second kappa shape index (κ2) is 6.40. The number of benzene rings is 1. The number of carbonyl (C=O) groups excluding carboxylic acids is 1. The van der Waals surface area contributed by atoms with Crippen LogP contribution in [0.5, 0.6) is 0 Å². The van der Waals surface area contributed by atoms with Crippen LogP contribution in [0.4, 0.5) is 18.9 Å². The minimum Gasteiger partial charge on any atom is -0.478 e. The molecule has 1 aliphatic rings. The molecule has 0 bridgehead atoms. The molecule has 1 heterocycles. The van der Waals surface area contributed by atoms with Gasteiger partial charge in [-0.25, -0.2) is 9.48 Å². The molecule has 6 nitrogen and oxygen atoms in total. The smallest absolute Gasteiger partial charge is 0.434 e. The Morgan fingerprint density at radius 1 is 1.41 bits per heavy atom. The van der Waals surface area contributed by atoms with Crippen molar-refractivity contribution in [2.45, 2.75) is 32.9 Å². The van der Waals surface area contributed by atoms with Crippen molar-refractivity contribution in [1.29, 1.82) is 0 Å². The van der Waals surface area contributed by atoms with Gasteiger partial charge >= 0.3 is 12.1 Å². The molecule has 0 radical (unpaired) electrons. The highest BCUT2D eigenvalue weighted by atomic mass is 19.4. The molecule has 1 fully saturated rings. The van der Waals surface area contributed by atoms with E-state index in [1.165, 1.54) is 18.2 Å². The van der Waals surface area contributed by atoms with Crippen LogP contribution in [0.2, 0.25) is 0 Å². The van der Waals surface area contributed by atoms with Crippen molar-refractivity contribution in [2.24, 2.45) is 11.3 Å². The second-order valence-electron chi connectivity index (χ2n) is 6.93. The molecule has 3 rings (SSSR count). The molecule has 1 aromatic carbocycles. The van der Waals surface area contributed by atoms with Crippen molar-refractivity contribution in [3.63, 3.8) is 0 Å². The van der Waals surface area contributed by atoms with Crippen LogP contribution in [-0.4, -0.2) is 26.8 Å². The molecule has 1 aliphatic carbocycles. The highest BCUT2D eigenvalue weighted by molar-refractivity contribution is 5.95. The molecule has 2 unspecified atom stereocenters. The van der Waals surface area contributed by atoms with E-state index in [1.807, 2.05) is 13.8 Å². The van der Waals surface area contributed by atoms with Crippen LogP contribution in [0.1, 0.15) is 42.7 Å². The Hall–Kier alpha value is -2.84. The van der Waals surface area contributed by atoms with Gasteiger partial charge in [0.05, 0.1) is 11.9 Å². The summed E-state index contributed by atoms with van der Waals surface area (Å²) in [6, 6.07) is 5.72. The molecule has 2 atom stereocenters. The van der Waals surface area contributed by atoms with Gasteiger partial charge in [0.2, 0.25) is 5.91 Å². The Labute approximate surface area is 153 Å². The van der Waals surface area contributed by atoms with Gasteiger partial charge in [0.1, 0.15) is 5.56 Å². The summed E-state index contributed by atoms with van der Waals surface area (Å²) in [5.41, 5.74) is -2.03. The lowest BCUT2D eigenvalue weighted by atomic mass is 10.0. The Kier molecular flexibility index (Phi) is 4.49. The molecule has 1 aromatic heterocycles. The lowest BCUT2D eigenvalue weighted by Crippen LogP contribution is -2.19. The maximum absolute atomic E-state index is 13.3. The van der Waals surface area contributed by atoms with Crippen molar-refractivity contribution in [1.82, 2.24) is 9.78 Å². The van der Waals surface area contributed by atoms with Crippen LogP contribution in [0.25, 0.3) is 5.69 Å². The van der Waals surface area contributed by atoms with Crippen LogP contribution in [0.3, 0.4) is 0 Å². The number of hydrogen-bond donors (Lipinski definition) is 2. The third-order valence-electron chi connectivity index (χ3n) is 5.10. The fourth-order valence-electron chi connectivity index (χ4n) is 3.13. The largest absolute Gasteiger partial charge is 0.478 e. The van der Waals surface area contributed by atoms with E-state index in [2.05, 4.69) is 10.4 Å². The number of carboxylic acids is 1. The Bertz CT molecular complexity index is 907. The number of nitrogens with one attached hydrogen (secondary N) is 1. The minimum atomic E-state index is -4.90. The highest BCUT2D eigenvalue weighted by Crippen LogP contribution is 2.55. The van der Waals surface area contributed by atoms with Gasteiger partial charge in [-0.1, -0.05) is 19.9 Å². The quantitative estimate of drug-likeness (QED) is 0.821. The first-order valence-electron chi connectivity index (χ1n) is 8.36. The van der Waals surface area contributed by atoms with E-state index in [1.54, 1.807) is 6.07 Å². The molecule has 9 heteroatoms. The zero-order valence-corrected chi connectivity index (χ0v) is 14.7. The van der Waals surface area contributed by atoms with Gasteiger partial charge in [0.15, 0.2) is 5.69 Å². The van der Waals surface area contributed by atoms with Gasteiger partial charge < -0.3 is 10.4 Å². The summed E-state index contributed by atoms with van der Waals surface area (Å²) in [4.78, 5) is 23.4. The van der Waals surface area contributed by atoms with E-state index in [0.29, 0.717) is 16.6 Å². The normalized spacial score (nSPS) is 21.7. The summed E-state index contributed by atoms with van der Waals surface area (Å²) in [6.45, 7) is 4.02. The number of rotatable bonds is 5. The number of nitrogens with zero attached hydrogens (tertiary/aromatic N) is 2. The number of carbonyl (C=O) groups is 2. The summed E-state index contributed by atoms with van der Waals surface area (Å²) in [5.74, 6) is -2.02. The van der Waals surface area contributed by atoms with Gasteiger partial charge in [-0.3, -0.25) is 4.79 Å². The number of anilines is 1. The summed E-state index contributed by atoms with van der Waals surface area (Å²) >= 11 is 0. The van der Waals surface area contributed by atoms with Crippen LogP contribution < -0.4 is 5.32 Å². The lowest BCUT2D eigenvalue weighted by molar-refractivity contribution is -0.143. The zero-order chi connectivity index (χ0) is 20.0. The van der Waals surface area contributed by atoms with E-state index in [0.717, 1.165) is 12.8 Å². The van der Waals surface area contributed by atoms with Gasteiger partial charge in [-0.15, -0.1) is 0 Å². The third kappa shape index (κ3) is 3.54. The monoisotopic (exact) mass is 381 g/mol. The molecule has 2 N–H and O–H groups in total. The molecule has 144 valence electrons. The SMILES string of the molecule is CCC1(C)CC1C(=O)Nc1cccc(-n2ncc(C(=O)O)c2C(F)(F)F)c1. The van der Waals surface area contributed by atoms with Crippen molar-refractivity contribution in [2.75, 3.05) is 5.32 Å². The number of carboxylic acid groups (broad SMARTS) is 1. The molecule has 1 amide bonds. The van der Waals surface area contributed by atoms with E-state index < -0.39 is 23.4 Å². The standard InChI is InChI=1S/C18H18F3N3O3/c1-3-17(2)8-13(17)15(25)23-10-5-4-6-11(7-10)24-14(18(19,20)21)12(9-22-24)16(26)27/h4-7,9,13H,3,8H2,1-2H3,(H,23,25)(H,26,27). The fraction of sp³-hybridized carbons (Fsp3) is 0.389. The fourth-order valence-corrected chi connectivity index (χ4v) is 3.13. The Morgan fingerprint density at radius 2 is 2.11 bits per heavy atom. The summed E-state index contributed by atoms with van der Waals surface area (Å²) in [7, 11) is 0. The number of amides is 1. The first-order chi connectivity index (χ1) is 12.6. The first kappa shape index (κ1) is 18.9. The van der Waals surface area contributed by atoms with Crippen LogP contribution in [0, 0.1) is 11.3 Å². The Balaban J connectivity index is 1.91. The predicted octanol–water partition coefficient (Wildman–Crippen LogP) is 3.96. The van der Waals surface area contributed by atoms with Crippen LogP contribution >= 0.6 is 0 Å². The molecular weight excluding hydrogens is 363 g/mol. The van der Waals surface area contributed by atoms with Crippen LogP contribution in [-0.2, 0) is 11.0 Å². The van der Waals surface area contributed by atoms with E-state index >= 15 is 0 Å². The number of halogens is 3. The van der Waals surface area contributed by atoms with Gasteiger partial charge in [-0.05, 0) is 36.5 Å². The van der Waals surface area contributed by atoms with Crippen molar-refractivity contribution < 1.29 is 27.9 Å². The van der Waals surface area contributed by atoms with Gasteiger partial charge in [0.25, 0.3) is 0 Å². The second-order valence-corrected chi connectivity index (χ2v) is 6.93. The zero-order valence-electron chi connectivity index (χ0n) is 14.7. The minimum absolute atomic E-state index is 0.00155. The number of aromatic nitrogens is 2. The highest BCUT2D eigenvalue weighted by Gasteiger charge is 2.52. The molecule has 0 aliphatic heterocycles. The molecule has 1 saturated carbocycles. The topological polar surface area (TPSA) is 84.2 Å². The summed E-state index contributed by atoms with van der Waals surface area (Å²) < 4.78 is 40.6. The molecular formula is C18H18F3N3O3.